The van der Waals surface area contributed by atoms with Gasteiger partial charge in [-0.2, -0.15) is 0 Å². The van der Waals surface area contributed by atoms with Crippen LogP contribution in [-0.2, 0) is 4.74 Å². The van der Waals surface area contributed by atoms with Gasteiger partial charge in [-0.25, -0.2) is 0 Å². The van der Waals surface area contributed by atoms with E-state index in [1.54, 1.807) is 0 Å². The van der Waals surface area contributed by atoms with Crippen LogP contribution in [0.2, 0.25) is 0 Å². The molecule has 0 amide bonds. The Kier molecular flexibility index (Phi) is 2.94. The maximum absolute atomic E-state index is 5.26. The fraction of sp³-hybridized carbons (Fsp3) is 0.778. The van der Waals surface area contributed by atoms with Gasteiger partial charge >= 0.3 is 0 Å². The smallest absolute Gasteiger partial charge is 0.0842 e. The van der Waals surface area contributed by atoms with E-state index in [0.29, 0.717) is 12.2 Å². The van der Waals surface area contributed by atoms with E-state index in [1.807, 2.05) is 0 Å². The van der Waals surface area contributed by atoms with E-state index in [0.717, 1.165) is 6.42 Å². The number of epoxide rings is 1. The Hall–Kier alpha value is -0.300. The molecule has 2 unspecified atom stereocenters. The van der Waals surface area contributed by atoms with Crippen LogP contribution in [0.15, 0.2) is 12.2 Å². The van der Waals surface area contributed by atoms with E-state index in [1.165, 1.54) is 12.8 Å². The molecule has 0 aromatic heterocycles. The maximum Gasteiger partial charge on any atom is 0.0842 e. The molecule has 1 heteroatoms. The third-order valence-corrected chi connectivity index (χ3v) is 1.86. The molecule has 1 nitrogen and oxygen atoms in total. The van der Waals surface area contributed by atoms with Crippen LogP contribution in [0.25, 0.3) is 0 Å². The van der Waals surface area contributed by atoms with Crippen LogP contribution < -0.4 is 0 Å². The molecular formula is C9H16O. The van der Waals surface area contributed by atoms with Gasteiger partial charge in [-0.15, -0.1) is 0 Å². The predicted molar refractivity (Wildman–Crippen MR) is 43.0 cm³/mol. The molecule has 0 aromatic rings. The van der Waals surface area contributed by atoms with Gasteiger partial charge in [0.15, 0.2) is 0 Å². The predicted octanol–water partition coefficient (Wildman–Crippen LogP) is 2.52. The molecule has 0 bridgehead atoms. The van der Waals surface area contributed by atoms with E-state index in [-0.39, 0.29) is 0 Å². The molecule has 0 radical (unpaired) electrons. The van der Waals surface area contributed by atoms with Gasteiger partial charge < -0.3 is 4.74 Å². The summed E-state index contributed by atoms with van der Waals surface area (Å²) in [6, 6.07) is 0. The quantitative estimate of drug-likeness (QED) is 0.432. The molecule has 0 aliphatic carbocycles. The fourth-order valence-corrected chi connectivity index (χ4v) is 1.08. The summed E-state index contributed by atoms with van der Waals surface area (Å²) in [6.07, 6.45) is 9.11. The summed E-state index contributed by atoms with van der Waals surface area (Å²) in [5.74, 6) is 0. The summed E-state index contributed by atoms with van der Waals surface area (Å²) in [4.78, 5) is 0. The minimum Gasteiger partial charge on any atom is -0.370 e. The Morgan fingerprint density at radius 1 is 1.40 bits per heavy atom. The first-order chi connectivity index (χ1) is 4.84. The third kappa shape index (κ3) is 2.53. The SMILES string of the molecule is CC/C=C/CCC1OC1C. The fourth-order valence-electron chi connectivity index (χ4n) is 1.08. The van der Waals surface area contributed by atoms with Gasteiger partial charge in [-0.05, 0) is 26.2 Å². The van der Waals surface area contributed by atoms with Crippen molar-refractivity contribution < 1.29 is 4.74 Å². The van der Waals surface area contributed by atoms with Crippen molar-refractivity contribution in [1.29, 1.82) is 0 Å². The van der Waals surface area contributed by atoms with Crippen molar-refractivity contribution >= 4 is 0 Å². The highest BCUT2D eigenvalue weighted by Crippen LogP contribution is 2.25. The Balaban J connectivity index is 1.91. The van der Waals surface area contributed by atoms with Gasteiger partial charge in [-0.3, -0.25) is 0 Å². The molecule has 0 saturated carbocycles. The highest BCUT2D eigenvalue weighted by Gasteiger charge is 2.32. The zero-order valence-electron chi connectivity index (χ0n) is 6.84. The lowest BCUT2D eigenvalue weighted by Crippen LogP contribution is -1.86. The van der Waals surface area contributed by atoms with Crippen molar-refractivity contribution in [2.24, 2.45) is 0 Å². The average Bonchev–Trinajstić information content (AvgIpc) is 2.60. The van der Waals surface area contributed by atoms with Gasteiger partial charge in [-0.1, -0.05) is 19.1 Å². The van der Waals surface area contributed by atoms with Crippen molar-refractivity contribution in [1.82, 2.24) is 0 Å². The highest BCUT2D eigenvalue weighted by atomic mass is 16.6. The van der Waals surface area contributed by atoms with Crippen molar-refractivity contribution in [3.8, 4) is 0 Å². The molecule has 0 aromatic carbocycles. The molecule has 0 spiro atoms. The van der Waals surface area contributed by atoms with E-state index >= 15 is 0 Å². The molecule has 1 heterocycles. The van der Waals surface area contributed by atoms with Gasteiger partial charge in [0.2, 0.25) is 0 Å². The third-order valence-electron chi connectivity index (χ3n) is 1.86. The molecule has 1 fully saturated rings. The summed E-state index contributed by atoms with van der Waals surface area (Å²) in [5, 5.41) is 0. The van der Waals surface area contributed by atoms with Gasteiger partial charge in [0.1, 0.15) is 0 Å². The molecule has 1 aliphatic rings. The van der Waals surface area contributed by atoms with Crippen LogP contribution >= 0.6 is 0 Å². The lowest BCUT2D eigenvalue weighted by atomic mass is 10.2. The van der Waals surface area contributed by atoms with Crippen molar-refractivity contribution in [3.63, 3.8) is 0 Å². The highest BCUT2D eigenvalue weighted by molar-refractivity contribution is 4.86. The molecule has 1 saturated heterocycles. The number of rotatable bonds is 4. The maximum atomic E-state index is 5.26. The molecule has 58 valence electrons. The van der Waals surface area contributed by atoms with Crippen LogP contribution in [0, 0.1) is 0 Å². The van der Waals surface area contributed by atoms with Crippen LogP contribution in [-0.4, -0.2) is 12.2 Å². The van der Waals surface area contributed by atoms with Gasteiger partial charge in [0.25, 0.3) is 0 Å². The van der Waals surface area contributed by atoms with E-state index in [4.69, 9.17) is 4.74 Å². The first-order valence-corrected chi connectivity index (χ1v) is 4.15. The summed E-state index contributed by atoms with van der Waals surface area (Å²) >= 11 is 0. The number of hydrogen-bond donors (Lipinski definition) is 0. The molecule has 2 atom stereocenters. The lowest BCUT2D eigenvalue weighted by molar-refractivity contribution is 0.371. The minimum atomic E-state index is 0.537. The second kappa shape index (κ2) is 3.77. The molecule has 0 N–H and O–H groups in total. The molecular weight excluding hydrogens is 124 g/mol. The zero-order chi connectivity index (χ0) is 7.40. The topological polar surface area (TPSA) is 12.5 Å². The Morgan fingerprint density at radius 3 is 2.60 bits per heavy atom. The monoisotopic (exact) mass is 140 g/mol. The van der Waals surface area contributed by atoms with Crippen LogP contribution in [0.1, 0.15) is 33.1 Å². The van der Waals surface area contributed by atoms with Gasteiger partial charge in [0.05, 0.1) is 12.2 Å². The van der Waals surface area contributed by atoms with Crippen molar-refractivity contribution in [2.45, 2.75) is 45.3 Å². The van der Waals surface area contributed by atoms with Crippen LogP contribution in [0.5, 0.6) is 0 Å². The molecule has 1 aliphatic heterocycles. The molecule has 10 heavy (non-hydrogen) atoms. The Morgan fingerprint density at radius 2 is 2.10 bits per heavy atom. The minimum absolute atomic E-state index is 0.537. The summed E-state index contributed by atoms with van der Waals surface area (Å²) in [5.41, 5.74) is 0. The first kappa shape index (κ1) is 7.80. The van der Waals surface area contributed by atoms with E-state index in [9.17, 15) is 0 Å². The number of ether oxygens (including phenoxy) is 1. The summed E-state index contributed by atoms with van der Waals surface area (Å²) in [7, 11) is 0. The van der Waals surface area contributed by atoms with E-state index < -0.39 is 0 Å². The largest absolute Gasteiger partial charge is 0.370 e. The van der Waals surface area contributed by atoms with Crippen LogP contribution in [0.3, 0.4) is 0 Å². The number of allylic oxidation sites excluding steroid dienone is 2. The second-order valence-corrected chi connectivity index (χ2v) is 2.84. The summed E-state index contributed by atoms with van der Waals surface area (Å²) < 4.78 is 5.26. The first-order valence-electron chi connectivity index (χ1n) is 4.15. The summed E-state index contributed by atoms with van der Waals surface area (Å²) in [6.45, 7) is 4.29. The normalized spacial score (nSPS) is 31.4. The van der Waals surface area contributed by atoms with Crippen molar-refractivity contribution in [2.75, 3.05) is 0 Å². The average molecular weight is 140 g/mol. The van der Waals surface area contributed by atoms with Gasteiger partial charge in [0, 0.05) is 0 Å². The zero-order valence-corrected chi connectivity index (χ0v) is 6.84. The standard InChI is InChI=1S/C9H16O/c1-3-4-5-6-7-9-8(2)10-9/h4-5,8-9H,3,6-7H2,1-2H3/b5-4+. The number of hydrogen-bond acceptors (Lipinski definition) is 1. The van der Waals surface area contributed by atoms with Crippen molar-refractivity contribution in [3.05, 3.63) is 12.2 Å². The van der Waals surface area contributed by atoms with E-state index in [2.05, 4.69) is 26.0 Å². The molecule has 1 rings (SSSR count). The van der Waals surface area contributed by atoms with Crippen LogP contribution in [0.4, 0.5) is 0 Å². The second-order valence-electron chi connectivity index (χ2n) is 2.84. The Bertz CT molecular complexity index is 118. The lowest BCUT2D eigenvalue weighted by Gasteiger charge is -1.86. The Labute approximate surface area is 63.1 Å².